The molecule has 1 aromatic heterocycles. The molecule has 1 rings (SSSR count). The van der Waals surface area contributed by atoms with E-state index in [4.69, 9.17) is 0 Å². The number of rotatable bonds is 4. The molecule has 0 fully saturated rings. The first-order valence-electron chi connectivity index (χ1n) is 3.95. The van der Waals surface area contributed by atoms with Crippen molar-refractivity contribution in [1.29, 1.82) is 0 Å². The van der Waals surface area contributed by atoms with E-state index < -0.39 is 0 Å². The number of thiophene rings is 1. The van der Waals surface area contributed by atoms with Crippen LogP contribution in [0.4, 0.5) is 0 Å². The average Bonchev–Trinajstić information content (AvgIpc) is 2.39. The van der Waals surface area contributed by atoms with Gasteiger partial charge in [-0.15, -0.1) is 23.1 Å². The van der Waals surface area contributed by atoms with Gasteiger partial charge in [-0.3, -0.25) is 0 Å². The van der Waals surface area contributed by atoms with Crippen molar-refractivity contribution in [3.05, 3.63) is 17.5 Å². The summed E-state index contributed by atoms with van der Waals surface area (Å²) >= 11 is 3.81. The van der Waals surface area contributed by atoms with E-state index in [2.05, 4.69) is 31.4 Å². The van der Waals surface area contributed by atoms with E-state index in [1.54, 1.807) is 0 Å². The maximum atomic E-state index is 2.27. The summed E-state index contributed by atoms with van der Waals surface area (Å²) in [6.07, 6.45) is 1.32. The van der Waals surface area contributed by atoms with Gasteiger partial charge in [0, 0.05) is 0 Å². The second-order valence-corrected chi connectivity index (χ2v) is 5.31. The van der Waals surface area contributed by atoms with Gasteiger partial charge in [0.2, 0.25) is 0 Å². The topological polar surface area (TPSA) is 0 Å². The first-order valence-corrected chi connectivity index (χ1v) is 5.82. The summed E-state index contributed by atoms with van der Waals surface area (Å²) in [6, 6.07) is 4.30. The van der Waals surface area contributed by atoms with Crippen molar-refractivity contribution in [2.75, 3.05) is 5.75 Å². The van der Waals surface area contributed by atoms with Gasteiger partial charge in [0.15, 0.2) is 0 Å². The molecule has 0 aromatic carbocycles. The Morgan fingerprint density at radius 1 is 1.55 bits per heavy atom. The van der Waals surface area contributed by atoms with E-state index in [0.717, 1.165) is 5.92 Å². The largest absolute Gasteiger partial charge is 0.137 e. The van der Waals surface area contributed by atoms with Crippen LogP contribution in [0.1, 0.15) is 20.3 Å². The number of hydrogen-bond acceptors (Lipinski definition) is 2. The van der Waals surface area contributed by atoms with Crippen LogP contribution in [0.5, 0.6) is 0 Å². The quantitative estimate of drug-likeness (QED) is 0.643. The lowest BCUT2D eigenvalue weighted by atomic mass is 10.2. The Hall–Kier alpha value is 0.0500. The second kappa shape index (κ2) is 4.83. The fourth-order valence-corrected chi connectivity index (χ4v) is 2.84. The fraction of sp³-hybridized carbons (Fsp3) is 0.556. The Morgan fingerprint density at radius 3 is 2.91 bits per heavy atom. The molecule has 0 nitrogen and oxygen atoms in total. The molecule has 0 atom stereocenters. The maximum Gasteiger partial charge on any atom is 0.0598 e. The number of thioether (sulfide) groups is 1. The highest BCUT2D eigenvalue weighted by Crippen LogP contribution is 2.24. The van der Waals surface area contributed by atoms with Crippen LogP contribution in [0, 0.1) is 5.92 Å². The summed E-state index contributed by atoms with van der Waals surface area (Å²) < 4.78 is 1.45. The SMILES string of the molecule is CC(C)CCSc1cccs1. The highest BCUT2D eigenvalue weighted by molar-refractivity contribution is 8.01. The van der Waals surface area contributed by atoms with Gasteiger partial charge >= 0.3 is 0 Å². The van der Waals surface area contributed by atoms with Crippen LogP contribution in [0.25, 0.3) is 0 Å². The van der Waals surface area contributed by atoms with Crippen LogP contribution < -0.4 is 0 Å². The fourth-order valence-electron chi connectivity index (χ4n) is 0.741. The molecule has 0 aliphatic heterocycles. The summed E-state index contributed by atoms with van der Waals surface area (Å²) in [7, 11) is 0. The van der Waals surface area contributed by atoms with E-state index in [0.29, 0.717) is 0 Å². The first-order chi connectivity index (χ1) is 5.29. The molecule has 0 N–H and O–H groups in total. The van der Waals surface area contributed by atoms with Crippen molar-refractivity contribution >= 4 is 23.1 Å². The van der Waals surface area contributed by atoms with Gasteiger partial charge in [0.25, 0.3) is 0 Å². The monoisotopic (exact) mass is 186 g/mol. The lowest BCUT2D eigenvalue weighted by molar-refractivity contribution is 0.632. The Bertz CT molecular complexity index is 177. The van der Waals surface area contributed by atoms with Crippen molar-refractivity contribution in [2.45, 2.75) is 24.5 Å². The smallest absolute Gasteiger partial charge is 0.0598 e. The molecular formula is C9H14S2. The summed E-state index contributed by atoms with van der Waals surface area (Å²) in [6.45, 7) is 4.55. The van der Waals surface area contributed by atoms with E-state index in [9.17, 15) is 0 Å². The zero-order valence-corrected chi connectivity index (χ0v) is 8.67. The van der Waals surface area contributed by atoms with Gasteiger partial charge in [-0.2, -0.15) is 0 Å². The van der Waals surface area contributed by atoms with Gasteiger partial charge in [0.1, 0.15) is 0 Å². The summed E-state index contributed by atoms with van der Waals surface area (Å²) in [5.74, 6) is 2.10. The summed E-state index contributed by atoms with van der Waals surface area (Å²) in [4.78, 5) is 0. The minimum Gasteiger partial charge on any atom is -0.137 e. The van der Waals surface area contributed by atoms with Crippen molar-refractivity contribution in [2.24, 2.45) is 5.92 Å². The third-order valence-electron chi connectivity index (χ3n) is 1.43. The second-order valence-electron chi connectivity index (χ2n) is 2.96. The van der Waals surface area contributed by atoms with Crippen molar-refractivity contribution in [3.8, 4) is 0 Å². The van der Waals surface area contributed by atoms with Gasteiger partial charge in [-0.05, 0) is 29.5 Å². The maximum absolute atomic E-state index is 2.27. The van der Waals surface area contributed by atoms with Crippen LogP contribution in [0.3, 0.4) is 0 Å². The van der Waals surface area contributed by atoms with Crippen LogP contribution in [0.15, 0.2) is 21.7 Å². The Morgan fingerprint density at radius 2 is 2.36 bits per heavy atom. The Kier molecular flexibility index (Phi) is 4.02. The highest BCUT2D eigenvalue weighted by atomic mass is 32.2. The molecule has 0 amide bonds. The van der Waals surface area contributed by atoms with E-state index >= 15 is 0 Å². The van der Waals surface area contributed by atoms with E-state index in [-0.39, 0.29) is 0 Å². The van der Waals surface area contributed by atoms with Gasteiger partial charge < -0.3 is 0 Å². The zero-order valence-electron chi connectivity index (χ0n) is 7.04. The standard InChI is InChI=1S/C9H14S2/c1-8(2)5-7-11-9-4-3-6-10-9/h3-4,6,8H,5,7H2,1-2H3. The highest BCUT2D eigenvalue weighted by Gasteiger charge is 1.96. The van der Waals surface area contributed by atoms with Crippen molar-refractivity contribution in [1.82, 2.24) is 0 Å². The molecule has 1 aromatic rings. The summed E-state index contributed by atoms with van der Waals surface area (Å²) in [5, 5.41) is 2.14. The summed E-state index contributed by atoms with van der Waals surface area (Å²) in [5.41, 5.74) is 0. The Labute approximate surface area is 77.0 Å². The number of hydrogen-bond donors (Lipinski definition) is 0. The molecule has 1 heterocycles. The van der Waals surface area contributed by atoms with Crippen molar-refractivity contribution < 1.29 is 0 Å². The van der Waals surface area contributed by atoms with Gasteiger partial charge in [-0.25, -0.2) is 0 Å². The van der Waals surface area contributed by atoms with Crippen LogP contribution >= 0.6 is 23.1 Å². The minimum atomic E-state index is 0.836. The predicted molar refractivity (Wildman–Crippen MR) is 54.5 cm³/mol. The van der Waals surface area contributed by atoms with Crippen LogP contribution in [-0.4, -0.2) is 5.75 Å². The molecule has 0 saturated carbocycles. The molecule has 62 valence electrons. The molecule has 11 heavy (non-hydrogen) atoms. The zero-order chi connectivity index (χ0) is 8.10. The normalized spacial score (nSPS) is 10.8. The molecule has 0 bridgehead atoms. The molecule has 0 aliphatic rings. The van der Waals surface area contributed by atoms with Gasteiger partial charge in [0.05, 0.1) is 4.21 Å². The lowest BCUT2D eigenvalue weighted by Crippen LogP contribution is -1.88. The molecule has 0 spiro atoms. The molecule has 0 aliphatic carbocycles. The molecule has 0 unspecified atom stereocenters. The van der Waals surface area contributed by atoms with E-state index in [1.165, 1.54) is 16.4 Å². The third kappa shape index (κ3) is 3.82. The van der Waals surface area contributed by atoms with Crippen LogP contribution in [-0.2, 0) is 0 Å². The molecule has 2 heteroatoms. The third-order valence-corrected chi connectivity index (χ3v) is 3.60. The Balaban J connectivity index is 2.14. The predicted octanol–water partition coefficient (Wildman–Crippen LogP) is 3.89. The first kappa shape index (κ1) is 9.14. The lowest BCUT2D eigenvalue weighted by Gasteiger charge is -2.01. The van der Waals surface area contributed by atoms with Gasteiger partial charge in [-0.1, -0.05) is 19.9 Å². The molecule has 0 radical (unpaired) electrons. The van der Waals surface area contributed by atoms with E-state index in [1.807, 2.05) is 23.1 Å². The average molecular weight is 186 g/mol. The van der Waals surface area contributed by atoms with Crippen molar-refractivity contribution in [3.63, 3.8) is 0 Å². The molecule has 0 saturated heterocycles. The van der Waals surface area contributed by atoms with Crippen LogP contribution in [0.2, 0.25) is 0 Å². The molecular weight excluding hydrogens is 172 g/mol. The minimum absolute atomic E-state index is 0.836.